The van der Waals surface area contributed by atoms with Gasteiger partial charge in [-0.25, -0.2) is 9.78 Å². The predicted molar refractivity (Wildman–Crippen MR) is 107 cm³/mol. The highest BCUT2D eigenvalue weighted by atomic mass is 32.1. The van der Waals surface area contributed by atoms with Gasteiger partial charge in [0.15, 0.2) is 5.54 Å². The molecule has 4 rings (SSSR count). The molecule has 1 unspecified atom stereocenters. The van der Waals surface area contributed by atoms with Crippen LogP contribution in [0.4, 0.5) is 18.0 Å². The van der Waals surface area contributed by atoms with E-state index in [9.17, 15) is 27.6 Å². The van der Waals surface area contributed by atoms with Crippen molar-refractivity contribution < 1.29 is 27.6 Å². The van der Waals surface area contributed by atoms with Crippen LogP contribution in [0, 0.1) is 0 Å². The summed E-state index contributed by atoms with van der Waals surface area (Å²) in [4.78, 5) is 44.7. The van der Waals surface area contributed by atoms with E-state index < -0.39 is 35.3 Å². The van der Waals surface area contributed by atoms with E-state index >= 15 is 0 Å². The van der Waals surface area contributed by atoms with Crippen LogP contribution in [0.25, 0.3) is 11.1 Å². The second-order valence-electron chi connectivity index (χ2n) is 6.85. The third kappa shape index (κ3) is 3.91. The Morgan fingerprint density at radius 3 is 2.50 bits per heavy atom. The number of halogens is 3. The average Bonchev–Trinajstić information content (AvgIpc) is 3.40. The second kappa shape index (κ2) is 8.04. The van der Waals surface area contributed by atoms with Crippen LogP contribution in [0.1, 0.15) is 21.7 Å². The van der Waals surface area contributed by atoms with Gasteiger partial charge < -0.3 is 10.6 Å². The Kier molecular flexibility index (Phi) is 5.38. The minimum Gasteiger partial charge on any atom is -0.349 e. The van der Waals surface area contributed by atoms with Crippen molar-refractivity contribution in [1.82, 2.24) is 25.9 Å². The molecule has 32 heavy (non-hydrogen) atoms. The van der Waals surface area contributed by atoms with Crippen LogP contribution in [-0.4, -0.2) is 34.4 Å². The summed E-state index contributed by atoms with van der Waals surface area (Å²) in [6, 6.07) is 7.63. The topological polar surface area (TPSA) is 113 Å². The SMILES string of the molecule is O=C1NC(=O)C(CNC(=O)c2ccccc2-c2ccc(C(F)(F)F)nc2)(c2cscn2)N1. The van der Waals surface area contributed by atoms with Crippen LogP contribution in [0.15, 0.2) is 53.5 Å². The van der Waals surface area contributed by atoms with Crippen molar-refractivity contribution in [1.29, 1.82) is 0 Å². The Hall–Kier alpha value is -3.80. The lowest BCUT2D eigenvalue weighted by atomic mass is 9.95. The first-order valence-corrected chi connectivity index (χ1v) is 10.1. The molecular weight excluding hydrogens is 447 g/mol. The first-order chi connectivity index (χ1) is 15.2. The van der Waals surface area contributed by atoms with Crippen molar-refractivity contribution in [3.05, 3.63) is 70.4 Å². The maximum absolute atomic E-state index is 12.9. The smallest absolute Gasteiger partial charge is 0.349 e. The van der Waals surface area contributed by atoms with E-state index in [1.807, 2.05) is 0 Å². The molecule has 1 atom stereocenters. The highest BCUT2D eigenvalue weighted by molar-refractivity contribution is 7.07. The van der Waals surface area contributed by atoms with Crippen molar-refractivity contribution in [3.8, 4) is 11.1 Å². The molecule has 3 N–H and O–H groups in total. The van der Waals surface area contributed by atoms with Crippen molar-refractivity contribution in [2.24, 2.45) is 0 Å². The Bertz CT molecular complexity index is 1180. The maximum Gasteiger partial charge on any atom is 0.433 e. The first-order valence-electron chi connectivity index (χ1n) is 9.14. The third-order valence-electron chi connectivity index (χ3n) is 4.86. The second-order valence-corrected chi connectivity index (χ2v) is 7.56. The third-order valence-corrected chi connectivity index (χ3v) is 5.45. The molecule has 0 aliphatic carbocycles. The van der Waals surface area contributed by atoms with Crippen molar-refractivity contribution >= 4 is 29.2 Å². The molecule has 1 saturated heterocycles. The Labute approximate surface area is 182 Å². The number of rotatable bonds is 5. The van der Waals surface area contributed by atoms with E-state index in [1.165, 1.54) is 29.0 Å². The molecule has 3 aromatic rings. The van der Waals surface area contributed by atoms with E-state index in [4.69, 9.17) is 0 Å². The number of amides is 4. The summed E-state index contributed by atoms with van der Waals surface area (Å²) in [6.45, 7) is -0.285. The van der Waals surface area contributed by atoms with Crippen LogP contribution in [0.5, 0.6) is 0 Å². The number of urea groups is 1. The number of carbonyl (C=O) groups excluding carboxylic acids is 3. The molecule has 1 fully saturated rings. The minimum atomic E-state index is -4.58. The molecule has 2 aromatic heterocycles. The fourth-order valence-corrected chi connectivity index (χ4v) is 3.90. The first kappa shape index (κ1) is 21.4. The number of nitrogens with zero attached hydrogens (tertiary/aromatic N) is 2. The van der Waals surface area contributed by atoms with Crippen molar-refractivity contribution in [3.63, 3.8) is 0 Å². The van der Waals surface area contributed by atoms with Crippen LogP contribution < -0.4 is 16.0 Å². The molecule has 3 heterocycles. The number of pyridine rings is 1. The van der Waals surface area contributed by atoms with Gasteiger partial charge in [0, 0.05) is 22.7 Å². The zero-order chi connectivity index (χ0) is 22.9. The lowest BCUT2D eigenvalue weighted by Gasteiger charge is -2.24. The fraction of sp³-hybridized carbons (Fsp3) is 0.150. The van der Waals surface area contributed by atoms with Gasteiger partial charge in [0.25, 0.3) is 11.8 Å². The Morgan fingerprint density at radius 2 is 1.91 bits per heavy atom. The van der Waals surface area contributed by atoms with Crippen LogP contribution in [-0.2, 0) is 16.5 Å². The van der Waals surface area contributed by atoms with Gasteiger partial charge in [0.05, 0.1) is 17.7 Å². The molecule has 8 nitrogen and oxygen atoms in total. The van der Waals surface area contributed by atoms with E-state index in [1.54, 1.807) is 23.6 Å². The molecular formula is C20H14F3N5O3S. The highest BCUT2D eigenvalue weighted by Gasteiger charge is 2.49. The molecule has 12 heteroatoms. The maximum atomic E-state index is 12.9. The van der Waals surface area contributed by atoms with Gasteiger partial charge >= 0.3 is 12.2 Å². The summed E-state index contributed by atoms with van der Waals surface area (Å²) < 4.78 is 38.4. The van der Waals surface area contributed by atoms with E-state index in [0.29, 0.717) is 11.1 Å². The van der Waals surface area contributed by atoms with Gasteiger partial charge in [-0.3, -0.25) is 19.9 Å². The number of hydrogen-bond acceptors (Lipinski definition) is 6. The van der Waals surface area contributed by atoms with E-state index in [0.717, 1.165) is 12.3 Å². The van der Waals surface area contributed by atoms with Crippen molar-refractivity contribution in [2.75, 3.05) is 6.54 Å². The molecule has 1 aromatic carbocycles. The Balaban J connectivity index is 1.60. The number of carbonyl (C=O) groups is 3. The van der Waals surface area contributed by atoms with Gasteiger partial charge in [-0.05, 0) is 17.7 Å². The molecule has 0 spiro atoms. The highest BCUT2D eigenvalue weighted by Crippen LogP contribution is 2.30. The van der Waals surface area contributed by atoms with E-state index in [2.05, 4.69) is 25.9 Å². The fourth-order valence-electron chi connectivity index (χ4n) is 3.27. The largest absolute Gasteiger partial charge is 0.433 e. The van der Waals surface area contributed by atoms with Gasteiger partial charge in [-0.2, -0.15) is 13.2 Å². The lowest BCUT2D eigenvalue weighted by Crippen LogP contribution is -2.52. The molecule has 0 saturated carbocycles. The zero-order valence-corrected chi connectivity index (χ0v) is 16.9. The van der Waals surface area contributed by atoms with Crippen molar-refractivity contribution in [2.45, 2.75) is 11.7 Å². The number of aromatic nitrogens is 2. The quantitative estimate of drug-likeness (QED) is 0.506. The van der Waals surface area contributed by atoms with E-state index in [-0.39, 0.29) is 17.8 Å². The number of thiazole rings is 1. The zero-order valence-electron chi connectivity index (χ0n) is 16.1. The Morgan fingerprint density at radius 1 is 1.12 bits per heavy atom. The summed E-state index contributed by atoms with van der Waals surface area (Å²) >= 11 is 1.22. The molecule has 1 aliphatic rings. The average molecular weight is 461 g/mol. The van der Waals surface area contributed by atoms with Gasteiger partial charge in [0.2, 0.25) is 0 Å². The number of hydrogen-bond donors (Lipinski definition) is 3. The molecule has 0 radical (unpaired) electrons. The predicted octanol–water partition coefficient (Wildman–Crippen LogP) is 2.69. The summed E-state index contributed by atoms with van der Waals surface area (Å²) in [5.41, 5.74) is -0.0325. The molecule has 164 valence electrons. The number of imide groups is 1. The summed E-state index contributed by atoms with van der Waals surface area (Å²) in [5.74, 6) is -1.25. The molecule has 4 amide bonds. The lowest BCUT2D eigenvalue weighted by molar-refractivity contribution is -0.141. The van der Waals surface area contributed by atoms with Crippen LogP contribution >= 0.6 is 11.3 Å². The monoisotopic (exact) mass is 461 g/mol. The van der Waals surface area contributed by atoms with Gasteiger partial charge in [-0.1, -0.05) is 24.3 Å². The van der Waals surface area contributed by atoms with Crippen LogP contribution in [0.3, 0.4) is 0 Å². The number of nitrogens with one attached hydrogen (secondary N) is 3. The summed E-state index contributed by atoms with van der Waals surface area (Å²) in [5, 5.41) is 8.84. The standard InChI is InChI=1S/C20H14F3N5O3S/c21-20(22,23)14-6-5-11(7-24-14)12-3-1-2-4-13(12)16(29)25-9-19(15-8-32-10-26-15)17(30)27-18(31)28-19/h1-8,10H,9H2,(H,25,29)(H2,27,28,30,31). The summed E-state index contributed by atoms with van der Waals surface area (Å²) in [7, 11) is 0. The van der Waals surface area contributed by atoms with Gasteiger partial charge in [-0.15, -0.1) is 11.3 Å². The number of alkyl halides is 3. The molecule has 0 bridgehead atoms. The summed E-state index contributed by atoms with van der Waals surface area (Å²) in [6.07, 6.45) is -3.54. The molecule has 1 aliphatic heterocycles. The van der Waals surface area contributed by atoms with Gasteiger partial charge in [0.1, 0.15) is 5.69 Å². The minimum absolute atomic E-state index is 0.159. The number of benzene rings is 1. The van der Waals surface area contributed by atoms with Crippen LogP contribution in [0.2, 0.25) is 0 Å². The normalized spacial score (nSPS) is 18.2.